The Morgan fingerprint density at radius 2 is 1.52 bits per heavy atom. The van der Waals surface area contributed by atoms with Gasteiger partial charge in [-0.3, -0.25) is 4.79 Å². The van der Waals surface area contributed by atoms with Crippen LogP contribution >= 0.6 is 0 Å². The zero-order chi connectivity index (χ0) is 16.7. The van der Waals surface area contributed by atoms with E-state index >= 15 is 0 Å². The van der Waals surface area contributed by atoms with Crippen molar-refractivity contribution >= 4 is 15.8 Å². The first kappa shape index (κ1) is 15.7. The third-order valence-electron chi connectivity index (χ3n) is 4.48. The molecule has 0 amide bonds. The van der Waals surface area contributed by atoms with E-state index in [0.717, 1.165) is 0 Å². The topological polar surface area (TPSA) is 91.7 Å². The summed E-state index contributed by atoms with van der Waals surface area (Å²) in [5, 5.41) is 18.1. The standard InChI is InChI=1S/C17H16O5S/c18-11-17(16(19)20)14(12-7-3-1-4-8-12)15(17)23(21,22)13-9-5-2-6-10-13/h1-10,14-15,18H,11H2,(H,19,20)/t14-,15-,17+/m0/s1. The summed E-state index contributed by atoms with van der Waals surface area (Å²) in [6, 6.07) is 16.4. The molecule has 1 fully saturated rings. The van der Waals surface area contributed by atoms with E-state index in [1.807, 2.05) is 0 Å². The summed E-state index contributed by atoms with van der Waals surface area (Å²) in [6.07, 6.45) is 0. The van der Waals surface area contributed by atoms with Gasteiger partial charge in [0.25, 0.3) is 0 Å². The van der Waals surface area contributed by atoms with Gasteiger partial charge in [-0.15, -0.1) is 0 Å². The average Bonchev–Trinajstić information content (AvgIpc) is 3.28. The molecule has 0 heterocycles. The zero-order valence-electron chi connectivity index (χ0n) is 12.2. The minimum Gasteiger partial charge on any atom is -0.481 e. The normalized spacial score (nSPS) is 26.7. The maximum Gasteiger partial charge on any atom is 0.314 e. The molecule has 1 saturated carbocycles. The quantitative estimate of drug-likeness (QED) is 0.869. The number of carbonyl (C=O) groups is 1. The van der Waals surface area contributed by atoms with Crippen molar-refractivity contribution in [3.05, 3.63) is 66.2 Å². The van der Waals surface area contributed by atoms with Gasteiger partial charge < -0.3 is 10.2 Å². The fraction of sp³-hybridized carbons (Fsp3) is 0.235. The lowest BCUT2D eigenvalue weighted by Crippen LogP contribution is -2.27. The van der Waals surface area contributed by atoms with E-state index in [0.29, 0.717) is 5.56 Å². The summed E-state index contributed by atoms with van der Waals surface area (Å²) in [7, 11) is -3.87. The number of hydrogen-bond acceptors (Lipinski definition) is 4. The molecule has 0 radical (unpaired) electrons. The summed E-state index contributed by atoms with van der Waals surface area (Å²) in [5.41, 5.74) is -1.09. The molecule has 0 saturated heterocycles. The second kappa shape index (κ2) is 5.47. The number of hydrogen-bond donors (Lipinski definition) is 2. The fourth-order valence-electron chi connectivity index (χ4n) is 3.26. The average molecular weight is 332 g/mol. The third kappa shape index (κ3) is 2.26. The zero-order valence-corrected chi connectivity index (χ0v) is 13.0. The molecule has 0 aliphatic heterocycles. The Bertz CT molecular complexity index is 817. The van der Waals surface area contributed by atoms with E-state index in [-0.39, 0.29) is 4.90 Å². The van der Waals surface area contributed by atoms with Crippen molar-refractivity contribution < 1.29 is 23.4 Å². The van der Waals surface area contributed by atoms with Crippen molar-refractivity contribution in [2.45, 2.75) is 16.1 Å². The van der Waals surface area contributed by atoms with Gasteiger partial charge in [0, 0.05) is 5.92 Å². The molecule has 2 aromatic rings. The molecule has 0 unspecified atom stereocenters. The van der Waals surface area contributed by atoms with E-state index in [9.17, 15) is 23.4 Å². The Labute approximate surface area is 134 Å². The lowest BCUT2D eigenvalue weighted by molar-refractivity contribution is -0.145. The van der Waals surface area contributed by atoms with Crippen LogP contribution in [0.1, 0.15) is 11.5 Å². The van der Waals surface area contributed by atoms with Gasteiger partial charge in [-0.1, -0.05) is 48.5 Å². The van der Waals surface area contributed by atoms with E-state index < -0.39 is 39.0 Å². The molecule has 120 valence electrons. The predicted molar refractivity (Wildman–Crippen MR) is 83.8 cm³/mol. The number of sulfone groups is 1. The third-order valence-corrected chi connectivity index (χ3v) is 6.77. The van der Waals surface area contributed by atoms with Crippen LogP contribution in [0, 0.1) is 5.41 Å². The number of carboxylic acids is 1. The Kier molecular flexibility index (Phi) is 3.74. The van der Waals surface area contributed by atoms with Gasteiger partial charge in [-0.05, 0) is 17.7 Å². The van der Waals surface area contributed by atoms with Crippen LogP contribution in [0.25, 0.3) is 0 Å². The van der Waals surface area contributed by atoms with Crippen LogP contribution in [0.5, 0.6) is 0 Å². The summed E-state index contributed by atoms with van der Waals surface area (Å²) in [6.45, 7) is -0.724. The van der Waals surface area contributed by atoms with Crippen LogP contribution in [0.4, 0.5) is 0 Å². The van der Waals surface area contributed by atoms with Crippen LogP contribution < -0.4 is 0 Å². The molecular weight excluding hydrogens is 316 g/mol. The molecule has 3 atom stereocenters. The SMILES string of the molecule is O=C(O)[C@]1(CO)[C@@H](c2ccccc2)[C@@H]1S(=O)(=O)c1ccccc1. The minimum absolute atomic E-state index is 0.0718. The first-order valence-corrected chi connectivity index (χ1v) is 8.69. The molecule has 0 spiro atoms. The summed E-state index contributed by atoms with van der Waals surface area (Å²) < 4.78 is 25.8. The Morgan fingerprint density at radius 1 is 1.00 bits per heavy atom. The van der Waals surface area contributed by atoms with Crippen LogP contribution in [0.15, 0.2) is 65.6 Å². The number of aliphatic hydroxyl groups is 1. The van der Waals surface area contributed by atoms with Gasteiger partial charge in [0.1, 0.15) is 5.41 Å². The monoisotopic (exact) mass is 332 g/mol. The Balaban J connectivity index is 2.12. The molecule has 6 heteroatoms. The second-order valence-electron chi connectivity index (χ2n) is 5.67. The number of benzene rings is 2. The van der Waals surface area contributed by atoms with Crippen molar-refractivity contribution in [1.29, 1.82) is 0 Å². The van der Waals surface area contributed by atoms with E-state index in [1.54, 1.807) is 48.5 Å². The molecule has 0 aromatic heterocycles. The Hall–Kier alpha value is -2.18. The van der Waals surface area contributed by atoms with Crippen LogP contribution in [0.2, 0.25) is 0 Å². The van der Waals surface area contributed by atoms with E-state index in [2.05, 4.69) is 0 Å². The van der Waals surface area contributed by atoms with Gasteiger partial charge in [0.2, 0.25) is 0 Å². The van der Waals surface area contributed by atoms with Gasteiger partial charge in [0.15, 0.2) is 9.84 Å². The molecule has 2 aromatic carbocycles. The molecule has 5 nitrogen and oxygen atoms in total. The molecule has 1 aliphatic carbocycles. The lowest BCUT2D eigenvalue weighted by Gasteiger charge is -2.09. The summed E-state index contributed by atoms with van der Waals surface area (Å²) in [4.78, 5) is 11.8. The Morgan fingerprint density at radius 3 is 2.00 bits per heavy atom. The minimum atomic E-state index is -3.87. The molecule has 2 N–H and O–H groups in total. The van der Waals surface area contributed by atoms with Gasteiger partial charge in [0.05, 0.1) is 16.8 Å². The van der Waals surface area contributed by atoms with Crippen LogP contribution in [-0.4, -0.2) is 36.5 Å². The van der Waals surface area contributed by atoms with Gasteiger partial charge in [-0.2, -0.15) is 0 Å². The number of aliphatic carboxylic acids is 1. The van der Waals surface area contributed by atoms with Crippen molar-refractivity contribution in [3.63, 3.8) is 0 Å². The summed E-state index contributed by atoms with van der Waals surface area (Å²) >= 11 is 0. The molecule has 0 bridgehead atoms. The lowest BCUT2D eigenvalue weighted by atomic mass is 10.0. The maximum absolute atomic E-state index is 12.9. The number of carboxylic acid groups (broad SMARTS) is 1. The highest BCUT2D eigenvalue weighted by Crippen LogP contribution is 2.63. The van der Waals surface area contributed by atoms with Crippen LogP contribution in [0.3, 0.4) is 0 Å². The fourth-order valence-corrected chi connectivity index (χ4v) is 5.65. The van der Waals surface area contributed by atoms with Gasteiger partial charge >= 0.3 is 5.97 Å². The largest absolute Gasteiger partial charge is 0.481 e. The number of rotatable bonds is 5. The van der Waals surface area contributed by atoms with Gasteiger partial charge in [-0.25, -0.2) is 8.42 Å². The van der Waals surface area contributed by atoms with Crippen LogP contribution in [-0.2, 0) is 14.6 Å². The highest BCUT2D eigenvalue weighted by atomic mass is 32.2. The van der Waals surface area contributed by atoms with Crippen molar-refractivity contribution in [2.75, 3.05) is 6.61 Å². The molecule has 23 heavy (non-hydrogen) atoms. The molecule has 1 aliphatic rings. The first-order valence-electron chi connectivity index (χ1n) is 7.14. The molecular formula is C17H16O5S. The van der Waals surface area contributed by atoms with Crippen molar-refractivity contribution in [1.82, 2.24) is 0 Å². The number of aliphatic hydroxyl groups excluding tert-OH is 1. The first-order chi connectivity index (χ1) is 11.0. The highest BCUT2D eigenvalue weighted by Gasteiger charge is 2.75. The highest BCUT2D eigenvalue weighted by molar-refractivity contribution is 7.92. The maximum atomic E-state index is 12.9. The predicted octanol–water partition coefficient (Wildman–Crippen LogP) is 1.69. The smallest absolute Gasteiger partial charge is 0.314 e. The van der Waals surface area contributed by atoms with Crippen molar-refractivity contribution in [2.24, 2.45) is 5.41 Å². The molecule has 3 rings (SSSR count). The van der Waals surface area contributed by atoms with Crippen molar-refractivity contribution in [3.8, 4) is 0 Å². The van der Waals surface area contributed by atoms with E-state index in [4.69, 9.17) is 0 Å². The summed E-state index contributed by atoms with van der Waals surface area (Å²) in [5.74, 6) is -2.06. The second-order valence-corrected chi connectivity index (χ2v) is 7.74. The van der Waals surface area contributed by atoms with E-state index in [1.165, 1.54) is 12.1 Å².